The van der Waals surface area contributed by atoms with Gasteiger partial charge in [-0.1, -0.05) is 0 Å². The van der Waals surface area contributed by atoms with Gasteiger partial charge < -0.3 is 4.74 Å². The van der Waals surface area contributed by atoms with E-state index in [-0.39, 0.29) is 29.3 Å². The van der Waals surface area contributed by atoms with Gasteiger partial charge in [0.15, 0.2) is 5.78 Å². The average Bonchev–Trinajstić information content (AvgIpc) is 2.14. The van der Waals surface area contributed by atoms with Gasteiger partial charge in [0, 0.05) is 5.56 Å². The second kappa shape index (κ2) is 4.77. The van der Waals surface area contributed by atoms with Crippen LogP contribution in [0, 0.1) is 6.92 Å². The summed E-state index contributed by atoms with van der Waals surface area (Å²) in [5.74, 6) is -0.576. The molecule has 0 unspecified atom stereocenters. The molecule has 0 aliphatic rings. The molecule has 2 nitrogen and oxygen atoms in total. The molecule has 1 rings (SSSR count). The Bertz CT molecular complexity index is 436. The van der Waals surface area contributed by atoms with Crippen LogP contribution >= 0.6 is 0 Å². The Hall–Kier alpha value is -1.52. The first kappa shape index (κ1) is 13.5. The number of Topliss-reactive ketones (excluding diaryl/α,β-unsaturated/α-hetero) is 1. The maximum Gasteiger partial charge on any atom is 0.420 e. The Labute approximate surface area is 97.4 Å². The van der Waals surface area contributed by atoms with Gasteiger partial charge in [0.2, 0.25) is 0 Å². The van der Waals surface area contributed by atoms with Gasteiger partial charge >= 0.3 is 6.18 Å². The first-order valence-electron chi connectivity index (χ1n) is 5.13. The number of alkyl halides is 3. The minimum absolute atomic E-state index is 0.00588. The van der Waals surface area contributed by atoms with Crippen LogP contribution in [-0.2, 0) is 6.18 Å². The van der Waals surface area contributed by atoms with Crippen molar-refractivity contribution >= 4 is 5.78 Å². The highest BCUT2D eigenvalue weighted by atomic mass is 19.4. The van der Waals surface area contributed by atoms with E-state index in [0.717, 1.165) is 6.07 Å². The number of ether oxygens (including phenoxy) is 1. The number of aryl methyl sites for hydroxylation is 1. The van der Waals surface area contributed by atoms with E-state index >= 15 is 0 Å². The summed E-state index contributed by atoms with van der Waals surface area (Å²) in [7, 11) is 0. The predicted molar refractivity (Wildman–Crippen MR) is 57.4 cm³/mol. The molecule has 0 spiro atoms. The predicted octanol–water partition coefficient (Wildman–Crippen LogP) is 3.62. The fourth-order valence-electron chi connectivity index (χ4n) is 1.59. The van der Waals surface area contributed by atoms with Crippen LogP contribution in [0.2, 0.25) is 0 Å². The SMILES string of the molecule is CCOc1cc(C(C)=O)cc(C)c1C(F)(F)F. The highest BCUT2D eigenvalue weighted by Crippen LogP contribution is 2.39. The molecule has 0 aliphatic carbocycles. The van der Waals surface area contributed by atoms with Gasteiger partial charge in [-0.25, -0.2) is 0 Å². The number of ketones is 1. The third-order valence-electron chi connectivity index (χ3n) is 2.29. The molecule has 1 aromatic carbocycles. The van der Waals surface area contributed by atoms with E-state index in [4.69, 9.17) is 4.74 Å². The second-order valence-corrected chi connectivity index (χ2v) is 3.65. The molecule has 0 aliphatic heterocycles. The molecular formula is C12H13F3O2. The van der Waals surface area contributed by atoms with E-state index in [1.54, 1.807) is 6.92 Å². The molecule has 0 atom stereocenters. The molecule has 5 heteroatoms. The summed E-state index contributed by atoms with van der Waals surface area (Å²) in [6.07, 6.45) is -4.48. The molecule has 0 fully saturated rings. The Morgan fingerprint density at radius 1 is 1.35 bits per heavy atom. The van der Waals surface area contributed by atoms with Crippen molar-refractivity contribution in [1.82, 2.24) is 0 Å². The number of rotatable bonds is 3. The summed E-state index contributed by atoms with van der Waals surface area (Å²) in [6, 6.07) is 2.37. The van der Waals surface area contributed by atoms with Crippen molar-refractivity contribution in [2.75, 3.05) is 6.61 Å². The lowest BCUT2D eigenvalue weighted by molar-refractivity contribution is -0.139. The lowest BCUT2D eigenvalue weighted by atomic mass is 10.0. The topological polar surface area (TPSA) is 26.3 Å². The first-order valence-corrected chi connectivity index (χ1v) is 5.13. The van der Waals surface area contributed by atoms with Crippen molar-refractivity contribution in [3.05, 3.63) is 28.8 Å². The van der Waals surface area contributed by atoms with Crippen LogP contribution < -0.4 is 4.74 Å². The second-order valence-electron chi connectivity index (χ2n) is 3.65. The molecule has 0 aromatic heterocycles. The van der Waals surface area contributed by atoms with Gasteiger partial charge in [0.1, 0.15) is 11.3 Å². The highest BCUT2D eigenvalue weighted by Gasteiger charge is 2.36. The minimum atomic E-state index is -4.48. The van der Waals surface area contributed by atoms with Gasteiger partial charge in [0.05, 0.1) is 6.61 Å². The van der Waals surface area contributed by atoms with E-state index in [0.29, 0.717) is 0 Å². The largest absolute Gasteiger partial charge is 0.493 e. The van der Waals surface area contributed by atoms with Crippen molar-refractivity contribution < 1.29 is 22.7 Å². The summed E-state index contributed by atoms with van der Waals surface area (Å²) in [5, 5.41) is 0. The van der Waals surface area contributed by atoms with E-state index in [9.17, 15) is 18.0 Å². The Morgan fingerprint density at radius 3 is 2.35 bits per heavy atom. The molecule has 0 bridgehead atoms. The zero-order valence-corrected chi connectivity index (χ0v) is 9.81. The van der Waals surface area contributed by atoms with Crippen molar-refractivity contribution in [2.45, 2.75) is 26.9 Å². The number of carbonyl (C=O) groups excluding carboxylic acids is 1. The van der Waals surface area contributed by atoms with Crippen LogP contribution in [0.5, 0.6) is 5.75 Å². The average molecular weight is 246 g/mol. The van der Waals surface area contributed by atoms with Crippen molar-refractivity contribution in [1.29, 1.82) is 0 Å². The minimum Gasteiger partial charge on any atom is -0.493 e. The third kappa shape index (κ3) is 2.99. The molecule has 0 saturated carbocycles. The van der Waals surface area contributed by atoms with Crippen LogP contribution in [-0.4, -0.2) is 12.4 Å². The molecule has 0 N–H and O–H groups in total. The lowest BCUT2D eigenvalue weighted by Gasteiger charge is -2.16. The van der Waals surface area contributed by atoms with Crippen molar-refractivity contribution in [3.63, 3.8) is 0 Å². The molecule has 0 saturated heterocycles. The molecular weight excluding hydrogens is 233 g/mol. The van der Waals surface area contributed by atoms with Gasteiger partial charge in [-0.15, -0.1) is 0 Å². The Balaban J connectivity index is 3.43. The molecule has 0 heterocycles. The molecule has 0 radical (unpaired) electrons. The normalized spacial score (nSPS) is 11.4. The van der Waals surface area contributed by atoms with E-state index in [2.05, 4.69) is 0 Å². The van der Waals surface area contributed by atoms with Gasteiger partial charge in [0.25, 0.3) is 0 Å². The Morgan fingerprint density at radius 2 is 1.94 bits per heavy atom. The Kier molecular flexibility index (Phi) is 3.80. The standard InChI is InChI=1S/C12H13F3O2/c1-4-17-10-6-9(8(3)16)5-7(2)11(10)12(13,14)15/h5-6H,4H2,1-3H3. The summed E-state index contributed by atoms with van der Waals surface area (Å²) in [4.78, 5) is 11.2. The maximum atomic E-state index is 12.8. The fraction of sp³-hybridized carbons (Fsp3) is 0.417. The van der Waals surface area contributed by atoms with Gasteiger partial charge in [-0.2, -0.15) is 13.2 Å². The summed E-state index contributed by atoms with van der Waals surface area (Å²) >= 11 is 0. The number of hydrogen-bond donors (Lipinski definition) is 0. The summed E-state index contributed by atoms with van der Waals surface area (Å²) in [6.45, 7) is 4.33. The van der Waals surface area contributed by atoms with E-state index in [1.165, 1.54) is 19.9 Å². The molecule has 0 amide bonds. The first-order chi connectivity index (χ1) is 7.77. The monoisotopic (exact) mass is 246 g/mol. The van der Waals surface area contributed by atoms with E-state index in [1.807, 2.05) is 0 Å². The zero-order valence-electron chi connectivity index (χ0n) is 9.81. The van der Waals surface area contributed by atoms with Gasteiger partial charge in [-0.05, 0) is 38.5 Å². The molecule has 17 heavy (non-hydrogen) atoms. The molecule has 94 valence electrons. The summed E-state index contributed by atoms with van der Waals surface area (Å²) in [5.41, 5.74) is -0.600. The third-order valence-corrected chi connectivity index (χ3v) is 2.29. The number of halogens is 3. The summed E-state index contributed by atoms with van der Waals surface area (Å²) < 4.78 is 43.4. The van der Waals surface area contributed by atoms with Crippen molar-refractivity contribution in [2.24, 2.45) is 0 Å². The van der Waals surface area contributed by atoms with Gasteiger partial charge in [-0.3, -0.25) is 4.79 Å². The van der Waals surface area contributed by atoms with Crippen LogP contribution in [0.1, 0.15) is 35.3 Å². The smallest absolute Gasteiger partial charge is 0.420 e. The maximum absolute atomic E-state index is 12.8. The van der Waals surface area contributed by atoms with Crippen molar-refractivity contribution in [3.8, 4) is 5.75 Å². The van der Waals surface area contributed by atoms with Crippen LogP contribution in [0.3, 0.4) is 0 Å². The molecule has 1 aromatic rings. The zero-order chi connectivity index (χ0) is 13.2. The van der Waals surface area contributed by atoms with E-state index < -0.39 is 11.7 Å². The van der Waals surface area contributed by atoms with Crippen LogP contribution in [0.15, 0.2) is 12.1 Å². The highest BCUT2D eigenvalue weighted by molar-refractivity contribution is 5.94. The fourth-order valence-corrected chi connectivity index (χ4v) is 1.59. The number of hydrogen-bond acceptors (Lipinski definition) is 2. The lowest BCUT2D eigenvalue weighted by Crippen LogP contribution is -2.12. The quantitative estimate of drug-likeness (QED) is 0.761. The van der Waals surface area contributed by atoms with Crippen LogP contribution in [0.25, 0.3) is 0 Å². The number of benzene rings is 1. The number of carbonyl (C=O) groups is 1. The van der Waals surface area contributed by atoms with Crippen LogP contribution in [0.4, 0.5) is 13.2 Å².